The summed E-state index contributed by atoms with van der Waals surface area (Å²) in [5.41, 5.74) is 1.34. The average molecular weight is 444 g/mol. The molecule has 2 heterocycles. The second-order valence-corrected chi connectivity index (χ2v) is 6.28. The lowest BCUT2D eigenvalue weighted by atomic mass is 10.0. The predicted molar refractivity (Wildman–Crippen MR) is 109 cm³/mol. The summed E-state index contributed by atoms with van der Waals surface area (Å²) in [7, 11) is 1.71. The van der Waals surface area contributed by atoms with Gasteiger partial charge < -0.3 is 15.4 Å². The van der Waals surface area contributed by atoms with Gasteiger partial charge in [0.05, 0.1) is 13.2 Å². The van der Waals surface area contributed by atoms with Crippen molar-refractivity contribution in [1.82, 2.24) is 15.5 Å². The number of rotatable bonds is 5. The van der Waals surface area contributed by atoms with Crippen LogP contribution in [0, 0.1) is 0 Å². The normalized spacial score (nSPS) is 19.5. The molecule has 2 aliphatic rings. The number of piperidine rings is 1. The van der Waals surface area contributed by atoms with Gasteiger partial charge in [-0.15, -0.1) is 24.0 Å². The number of nitrogens with one attached hydrogen (secondary N) is 2. The van der Waals surface area contributed by atoms with Crippen molar-refractivity contribution in [2.75, 3.05) is 39.8 Å². The van der Waals surface area contributed by atoms with Crippen molar-refractivity contribution < 1.29 is 4.74 Å². The number of hydrogen-bond acceptors (Lipinski definition) is 5. The Labute approximate surface area is 162 Å². The minimum Gasteiger partial charge on any atom is -0.497 e. The van der Waals surface area contributed by atoms with E-state index in [0.29, 0.717) is 6.04 Å². The van der Waals surface area contributed by atoms with E-state index in [4.69, 9.17) is 4.74 Å². The Balaban J connectivity index is 0.00000208. The molecule has 1 aromatic carbocycles. The van der Waals surface area contributed by atoms with Gasteiger partial charge in [0.15, 0.2) is 5.96 Å². The molecule has 0 spiro atoms. The van der Waals surface area contributed by atoms with Gasteiger partial charge in [0.2, 0.25) is 0 Å². The van der Waals surface area contributed by atoms with E-state index in [1.54, 1.807) is 7.11 Å². The van der Waals surface area contributed by atoms with E-state index in [2.05, 4.69) is 44.8 Å². The standard InChI is InChI=1S/C18H28N4O.HI/c1-23-16-8-6-15(7-9-16)17(22-12-3-2-4-13-22)14-21-18-19-10-5-11-20-18;/h6-9,17H,2-5,10-14H2,1H3,(H2,19,20,21);1H. The van der Waals surface area contributed by atoms with Crippen LogP contribution in [0.4, 0.5) is 0 Å². The third-order valence-corrected chi connectivity index (χ3v) is 4.69. The van der Waals surface area contributed by atoms with Crippen LogP contribution in [0.3, 0.4) is 0 Å². The molecule has 24 heavy (non-hydrogen) atoms. The maximum atomic E-state index is 5.29. The Hall–Kier alpha value is -1.02. The number of aliphatic imine (C=N–C) groups is 1. The molecule has 6 heteroatoms. The fraction of sp³-hybridized carbons (Fsp3) is 0.611. The topological polar surface area (TPSA) is 48.9 Å². The van der Waals surface area contributed by atoms with Gasteiger partial charge >= 0.3 is 0 Å². The summed E-state index contributed by atoms with van der Waals surface area (Å²) in [6.07, 6.45) is 5.07. The van der Waals surface area contributed by atoms with Crippen molar-refractivity contribution in [2.45, 2.75) is 31.7 Å². The largest absolute Gasteiger partial charge is 0.497 e. The zero-order chi connectivity index (χ0) is 15.9. The summed E-state index contributed by atoms with van der Waals surface area (Å²) in [6.45, 7) is 5.18. The molecule has 1 saturated heterocycles. The second-order valence-electron chi connectivity index (χ2n) is 6.28. The fourth-order valence-corrected chi connectivity index (χ4v) is 3.36. The van der Waals surface area contributed by atoms with Crippen molar-refractivity contribution in [2.24, 2.45) is 4.99 Å². The maximum absolute atomic E-state index is 5.29. The summed E-state index contributed by atoms with van der Waals surface area (Å²) >= 11 is 0. The summed E-state index contributed by atoms with van der Waals surface area (Å²) < 4.78 is 5.29. The van der Waals surface area contributed by atoms with E-state index < -0.39 is 0 Å². The van der Waals surface area contributed by atoms with Crippen LogP contribution in [-0.2, 0) is 0 Å². The van der Waals surface area contributed by atoms with Gasteiger partial charge in [-0.3, -0.25) is 9.89 Å². The second kappa shape index (κ2) is 10.1. The molecule has 0 aliphatic carbocycles. The number of nitrogens with zero attached hydrogens (tertiary/aromatic N) is 2. The number of halogens is 1. The molecule has 1 unspecified atom stereocenters. The highest BCUT2D eigenvalue weighted by Gasteiger charge is 2.22. The summed E-state index contributed by atoms with van der Waals surface area (Å²) in [5.74, 6) is 1.86. The Morgan fingerprint density at radius 2 is 1.92 bits per heavy atom. The number of ether oxygens (including phenoxy) is 1. The zero-order valence-corrected chi connectivity index (χ0v) is 16.8. The molecule has 5 nitrogen and oxygen atoms in total. The van der Waals surface area contributed by atoms with E-state index >= 15 is 0 Å². The molecule has 0 radical (unpaired) electrons. The van der Waals surface area contributed by atoms with Crippen LogP contribution in [-0.4, -0.2) is 50.7 Å². The van der Waals surface area contributed by atoms with E-state index in [1.807, 2.05) is 0 Å². The highest BCUT2D eigenvalue weighted by atomic mass is 127. The Bertz CT molecular complexity index is 514. The molecule has 1 atom stereocenters. The molecule has 0 aromatic heterocycles. The Morgan fingerprint density at radius 3 is 2.54 bits per heavy atom. The molecule has 2 N–H and O–H groups in total. The lowest BCUT2D eigenvalue weighted by molar-refractivity contribution is 0.164. The number of guanidine groups is 1. The lowest BCUT2D eigenvalue weighted by Crippen LogP contribution is -2.46. The number of likely N-dealkylation sites (tertiary alicyclic amines) is 1. The number of methoxy groups -OCH3 is 1. The van der Waals surface area contributed by atoms with Crippen LogP contribution in [0.5, 0.6) is 5.75 Å². The average Bonchev–Trinajstić information content (AvgIpc) is 2.64. The summed E-state index contributed by atoms with van der Waals surface area (Å²) in [4.78, 5) is 7.12. The van der Waals surface area contributed by atoms with Crippen LogP contribution in [0.2, 0.25) is 0 Å². The highest BCUT2D eigenvalue weighted by molar-refractivity contribution is 14.0. The van der Waals surface area contributed by atoms with Crippen LogP contribution in [0.15, 0.2) is 29.3 Å². The van der Waals surface area contributed by atoms with E-state index in [0.717, 1.165) is 37.8 Å². The molecule has 134 valence electrons. The summed E-state index contributed by atoms with van der Waals surface area (Å²) in [5, 5.41) is 6.86. The fourth-order valence-electron chi connectivity index (χ4n) is 3.36. The highest BCUT2D eigenvalue weighted by Crippen LogP contribution is 2.25. The smallest absolute Gasteiger partial charge is 0.191 e. The zero-order valence-electron chi connectivity index (χ0n) is 14.5. The van der Waals surface area contributed by atoms with Gasteiger partial charge in [-0.05, 0) is 50.0 Å². The van der Waals surface area contributed by atoms with Crippen molar-refractivity contribution in [3.63, 3.8) is 0 Å². The number of hydrogen-bond donors (Lipinski definition) is 2. The molecule has 0 bridgehead atoms. The van der Waals surface area contributed by atoms with Gasteiger partial charge in [0, 0.05) is 19.6 Å². The first-order valence-electron chi connectivity index (χ1n) is 8.77. The van der Waals surface area contributed by atoms with Gasteiger partial charge in [0.25, 0.3) is 0 Å². The van der Waals surface area contributed by atoms with Gasteiger partial charge in [0.1, 0.15) is 5.75 Å². The van der Waals surface area contributed by atoms with E-state index in [1.165, 1.54) is 37.9 Å². The van der Waals surface area contributed by atoms with Crippen molar-refractivity contribution >= 4 is 29.9 Å². The molecular weight excluding hydrogens is 415 g/mol. The monoisotopic (exact) mass is 444 g/mol. The first-order valence-corrected chi connectivity index (χ1v) is 8.77. The Morgan fingerprint density at radius 1 is 1.17 bits per heavy atom. The van der Waals surface area contributed by atoms with Crippen LogP contribution >= 0.6 is 24.0 Å². The first-order chi connectivity index (χ1) is 11.4. The lowest BCUT2D eigenvalue weighted by Gasteiger charge is -2.35. The maximum Gasteiger partial charge on any atom is 0.191 e. The van der Waals surface area contributed by atoms with Gasteiger partial charge in [-0.25, -0.2) is 0 Å². The van der Waals surface area contributed by atoms with Crippen LogP contribution < -0.4 is 15.4 Å². The molecule has 1 fully saturated rings. The summed E-state index contributed by atoms with van der Waals surface area (Å²) in [6, 6.07) is 8.88. The molecule has 3 rings (SSSR count). The first kappa shape index (κ1) is 19.3. The van der Waals surface area contributed by atoms with E-state index in [-0.39, 0.29) is 24.0 Å². The van der Waals surface area contributed by atoms with Crippen molar-refractivity contribution in [1.29, 1.82) is 0 Å². The predicted octanol–water partition coefficient (Wildman–Crippen LogP) is 2.78. The van der Waals surface area contributed by atoms with Gasteiger partial charge in [-0.2, -0.15) is 0 Å². The third kappa shape index (κ3) is 5.24. The molecule has 2 aliphatic heterocycles. The molecule has 0 saturated carbocycles. The van der Waals surface area contributed by atoms with Gasteiger partial charge in [-0.1, -0.05) is 18.6 Å². The molecule has 0 amide bonds. The van der Waals surface area contributed by atoms with Crippen LogP contribution in [0.25, 0.3) is 0 Å². The molecule has 1 aromatic rings. The third-order valence-electron chi connectivity index (χ3n) is 4.69. The minimum atomic E-state index is 0. The number of benzene rings is 1. The minimum absolute atomic E-state index is 0. The van der Waals surface area contributed by atoms with E-state index in [9.17, 15) is 0 Å². The molecular formula is C18H29IN4O. The SMILES string of the molecule is COc1ccc(C(CNC2=NCCCN2)N2CCCCC2)cc1.I. The van der Waals surface area contributed by atoms with Crippen molar-refractivity contribution in [3.8, 4) is 5.75 Å². The quantitative estimate of drug-likeness (QED) is 0.686. The Kier molecular flexibility index (Phi) is 8.11. The van der Waals surface area contributed by atoms with Crippen LogP contribution in [0.1, 0.15) is 37.3 Å². The van der Waals surface area contributed by atoms with Crippen molar-refractivity contribution in [3.05, 3.63) is 29.8 Å².